The van der Waals surface area contributed by atoms with Crippen molar-refractivity contribution < 1.29 is 32.7 Å². The number of carboxylic acid groups (broad SMARTS) is 1. The maximum Gasteiger partial charge on any atom is 0.416 e. The number of fused-ring (bicyclic) bond motifs is 1. The molecule has 0 saturated heterocycles. The van der Waals surface area contributed by atoms with E-state index >= 15 is 0 Å². The molecular formula is C25H17F3N4O6. The molecule has 0 aliphatic carbocycles. The number of ether oxygens (including phenoxy) is 1. The van der Waals surface area contributed by atoms with Crippen molar-refractivity contribution in [2.24, 2.45) is 5.10 Å². The first-order valence-corrected chi connectivity index (χ1v) is 10.9. The first kappa shape index (κ1) is 26.0. The van der Waals surface area contributed by atoms with E-state index in [0.29, 0.717) is 0 Å². The van der Waals surface area contributed by atoms with E-state index in [0.717, 1.165) is 35.2 Å². The highest BCUT2D eigenvalue weighted by atomic mass is 19.4. The van der Waals surface area contributed by atoms with Crippen LogP contribution in [0.5, 0.6) is 5.75 Å². The Morgan fingerprint density at radius 2 is 1.87 bits per heavy atom. The molecule has 0 bridgehead atoms. The van der Waals surface area contributed by atoms with Gasteiger partial charge in [-0.2, -0.15) is 22.9 Å². The average molecular weight is 526 g/mol. The summed E-state index contributed by atoms with van der Waals surface area (Å²) in [5.41, 5.74) is -2.14. The van der Waals surface area contributed by atoms with Gasteiger partial charge in [-0.3, -0.25) is 14.9 Å². The van der Waals surface area contributed by atoms with Crippen molar-refractivity contribution in [2.75, 3.05) is 0 Å². The van der Waals surface area contributed by atoms with Crippen molar-refractivity contribution in [3.63, 3.8) is 0 Å². The summed E-state index contributed by atoms with van der Waals surface area (Å²) in [6, 6.07) is 14.1. The Labute approximate surface area is 211 Å². The fourth-order valence-corrected chi connectivity index (χ4v) is 3.52. The first-order chi connectivity index (χ1) is 18.0. The fraction of sp³-hybridized carbons (Fsp3) is 0.120. The molecule has 38 heavy (non-hydrogen) atoms. The summed E-state index contributed by atoms with van der Waals surface area (Å²) < 4.78 is 46.2. The number of nitrogens with zero attached hydrogens (tertiary/aromatic N) is 4. The van der Waals surface area contributed by atoms with E-state index in [1.165, 1.54) is 37.3 Å². The molecule has 0 spiro atoms. The van der Waals surface area contributed by atoms with Crippen LogP contribution in [0.2, 0.25) is 0 Å². The monoisotopic (exact) mass is 526 g/mol. The molecule has 1 aromatic heterocycles. The van der Waals surface area contributed by atoms with E-state index in [1.807, 2.05) is 0 Å². The molecule has 4 rings (SSSR count). The largest absolute Gasteiger partial charge is 0.479 e. The third-order valence-corrected chi connectivity index (χ3v) is 5.38. The molecule has 0 saturated carbocycles. The predicted molar refractivity (Wildman–Crippen MR) is 130 cm³/mol. The third kappa shape index (κ3) is 5.21. The zero-order valence-corrected chi connectivity index (χ0v) is 19.4. The van der Waals surface area contributed by atoms with Crippen LogP contribution in [0, 0.1) is 10.1 Å². The van der Waals surface area contributed by atoms with Gasteiger partial charge >= 0.3 is 17.8 Å². The van der Waals surface area contributed by atoms with Crippen molar-refractivity contribution in [1.82, 2.24) is 9.66 Å². The van der Waals surface area contributed by atoms with Crippen LogP contribution in [0.4, 0.5) is 18.9 Å². The van der Waals surface area contributed by atoms with Gasteiger partial charge in [0.25, 0.3) is 5.56 Å². The van der Waals surface area contributed by atoms with Crippen molar-refractivity contribution in [1.29, 1.82) is 0 Å². The highest BCUT2D eigenvalue weighted by Crippen LogP contribution is 2.33. The van der Waals surface area contributed by atoms with Gasteiger partial charge in [0, 0.05) is 17.2 Å². The Bertz CT molecular complexity index is 1650. The molecule has 0 radical (unpaired) electrons. The number of nitro benzene ring substituents is 1. The molecule has 0 fully saturated rings. The van der Waals surface area contributed by atoms with Gasteiger partial charge in [0.15, 0.2) is 11.9 Å². The van der Waals surface area contributed by atoms with Gasteiger partial charge in [-0.25, -0.2) is 9.78 Å². The summed E-state index contributed by atoms with van der Waals surface area (Å²) in [6.07, 6.45) is -5.11. The van der Waals surface area contributed by atoms with Crippen LogP contribution in [0.15, 0.2) is 76.6 Å². The van der Waals surface area contributed by atoms with Crippen LogP contribution in [-0.2, 0) is 11.0 Å². The van der Waals surface area contributed by atoms with Gasteiger partial charge in [-0.05, 0) is 37.3 Å². The minimum atomic E-state index is -4.66. The molecule has 1 heterocycles. The van der Waals surface area contributed by atoms with E-state index < -0.39 is 45.7 Å². The molecule has 10 nitrogen and oxygen atoms in total. The minimum absolute atomic E-state index is 0.0534. The number of aliphatic carboxylic acids is 1. The Balaban J connectivity index is 1.93. The molecule has 0 aliphatic heterocycles. The van der Waals surface area contributed by atoms with Crippen molar-refractivity contribution in [2.45, 2.75) is 19.2 Å². The maximum atomic E-state index is 13.4. The van der Waals surface area contributed by atoms with Gasteiger partial charge in [0.05, 0.1) is 27.6 Å². The van der Waals surface area contributed by atoms with E-state index in [1.54, 1.807) is 12.1 Å². The highest BCUT2D eigenvalue weighted by molar-refractivity contribution is 5.87. The number of carboxylic acids is 1. The van der Waals surface area contributed by atoms with Crippen LogP contribution in [0.25, 0.3) is 22.3 Å². The Morgan fingerprint density at radius 1 is 1.16 bits per heavy atom. The molecule has 13 heteroatoms. The summed E-state index contributed by atoms with van der Waals surface area (Å²) in [5.74, 6) is -2.02. The molecule has 194 valence electrons. The molecular weight excluding hydrogens is 509 g/mol. The Kier molecular flexibility index (Phi) is 6.93. The molecule has 1 atom stereocenters. The summed E-state index contributed by atoms with van der Waals surface area (Å²) >= 11 is 0. The molecule has 1 N–H and O–H groups in total. The van der Waals surface area contributed by atoms with Crippen LogP contribution in [-0.4, -0.2) is 38.0 Å². The van der Waals surface area contributed by atoms with Crippen LogP contribution >= 0.6 is 0 Å². The number of alkyl halides is 3. The summed E-state index contributed by atoms with van der Waals surface area (Å²) in [7, 11) is 0. The van der Waals surface area contributed by atoms with Crippen molar-refractivity contribution >= 4 is 28.8 Å². The van der Waals surface area contributed by atoms with Crippen molar-refractivity contribution in [3.05, 3.63) is 98.3 Å². The van der Waals surface area contributed by atoms with Crippen molar-refractivity contribution in [3.8, 4) is 17.1 Å². The second-order valence-corrected chi connectivity index (χ2v) is 7.94. The zero-order valence-electron chi connectivity index (χ0n) is 19.4. The number of para-hydroxylation sites is 2. The number of nitro groups is 1. The Morgan fingerprint density at radius 3 is 2.55 bits per heavy atom. The lowest BCUT2D eigenvalue weighted by Gasteiger charge is -2.13. The highest BCUT2D eigenvalue weighted by Gasteiger charge is 2.31. The number of hydrogen-bond donors (Lipinski definition) is 1. The lowest BCUT2D eigenvalue weighted by Crippen LogP contribution is -2.24. The van der Waals surface area contributed by atoms with Gasteiger partial charge in [-0.15, -0.1) is 0 Å². The standard InChI is InChI=1S/C25H17F3N4O6/c1-14(24(34)35)38-21-16(7-5-11-20(21)32(36)37)13-29-31-22(15-6-4-8-17(12-15)25(26,27)28)30-19-10-3-2-9-18(19)23(31)33/h2-14H,1H3,(H,34,35)/t14-/m1/s1. The average Bonchev–Trinajstić information content (AvgIpc) is 2.88. The van der Waals surface area contributed by atoms with E-state index in [4.69, 9.17) is 4.74 Å². The van der Waals surface area contributed by atoms with E-state index in [9.17, 15) is 38.0 Å². The topological polar surface area (TPSA) is 137 Å². The number of rotatable bonds is 7. The van der Waals surface area contributed by atoms with Crippen LogP contribution < -0.4 is 10.3 Å². The third-order valence-electron chi connectivity index (χ3n) is 5.38. The lowest BCUT2D eigenvalue weighted by atomic mass is 10.1. The molecule has 4 aromatic rings. The predicted octanol–water partition coefficient (Wildman–Crippen LogP) is 4.72. The zero-order chi connectivity index (χ0) is 27.6. The summed E-state index contributed by atoms with van der Waals surface area (Å²) in [4.78, 5) is 39.7. The SMILES string of the molecule is C[C@@H](Oc1c(C=Nn2c(-c3cccc(C(F)(F)F)c3)nc3ccccc3c2=O)cccc1[N+](=O)[O-])C(=O)O. The van der Waals surface area contributed by atoms with Gasteiger partial charge in [0.1, 0.15) is 0 Å². The smallest absolute Gasteiger partial charge is 0.416 e. The Hall–Kier alpha value is -5.07. The second kappa shape index (κ2) is 10.1. The second-order valence-electron chi connectivity index (χ2n) is 7.94. The molecule has 0 amide bonds. The number of hydrogen-bond acceptors (Lipinski definition) is 7. The van der Waals surface area contributed by atoms with Gasteiger partial charge < -0.3 is 9.84 Å². The number of aromatic nitrogens is 2. The normalized spacial score (nSPS) is 12.5. The lowest BCUT2D eigenvalue weighted by molar-refractivity contribution is -0.386. The molecule has 3 aromatic carbocycles. The molecule has 0 unspecified atom stereocenters. The summed E-state index contributed by atoms with van der Waals surface area (Å²) in [6.45, 7) is 1.17. The first-order valence-electron chi connectivity index (χ1n) is 10.9. The van der Waals surface area contributed by atoms with E-state index in [2.05, 4.69) is 10.1 Å². The fourth-order valence-electron chi connectivity index (χ4n) is 3.52. The van der Waals surface area contributed by atoms with Gasteiger partial charge in [-0.1, -0.05) is 30.3 Å². The maximum absolute atomic E-state index is 13.4. The van der Waals surface area contributed by atoms with Crippen LogP contribution in [0.1, 0.15) is 18.1 Å². The summed E-state index contributed by atoms with van der Waals surface area (Å²) in [5, 5.41) is 24.9. The number of benzene rings is 3. The number of carbonyl (C=O) groups is 1. The van der Waals surface area contributed by atoms with E-state index in [-0.39, 0.29) is 27.9 Å². The minimum Gasteiger partial charge on any atom is -0.479 e. The number of halogens is 3. The van der Waals surface area contributed by atoms with Crippen LogP contribution in [0.3, 0.4) is 0 Å². The quantitative estimate of drug-likeness (QED) is 0.209. The van der Waals surface area contributed by atoms with Gasteiger partial charge in [0.2, 0.25) is 5.75 Å². The molecule has 0 aliphatic rings.